The van der Waals surface area contributed by atoms with E-state index in [-0.39, 0.29) is 23.2 Å². The summed E-state index contributed by atoms with van der Waals surface area (Å²) in [5.41, 5.74) is 1.08. The molecule has 0 aliphatic rings. The Morgan fingerprint density at radius 2 is 2.07 bits per heavy atom. The lowest BCUT2D eigenvalue weighted by Crippen LogP contribution is -2.22. The first kappa shape index (κ1) is 20.1. The second-order valence-electron chi connectivity index (χ2n) is 5.62. The first-order valence-corrected chi connectivity index (χ1v) is 9.56. The number of anilines is 2. The van der Waals surface area contributed by atoms with Crippen LogP contribution < -0.4 is 9.64 Å². The number of thiazole rings is 1. The lowest BCUT2D eigenvalue weighted by atomic mass is 10.3. The van der Waals surface area contributed by atoms with E-state index in [1.807, 2.05) is 0 Å². The maximum Gasteiger partial charge on any atom is 0.271 e. The largest absolute Gasteiger partial charge is 0.486 e. The number of hydrogen-bond acceptors (Lipinski definition) is 6. The van der Waals surface area contributed by atoms with Gasteiger partial charge in [0.2, 0.25) is 5.91 Å². The highest BCUT2D eigenvalue weighted by molar-refractivity contribution is 7.14. The van der Waals surface area contributed by atoms with E-state index in [0.717, 1.165) is 0 Å². The van der Waals surface area contributed by atoms with Crippen molar-refractivity contribution in [2.24, 2.45) is 0 Å². The summed E-state index contributed by atoms with van der Waals surface area (Å²) >= 11 is 13.3. The Kier molecular flexibility index (Phi) is 6.13. The molecule has 3 aromatic rings. The lowest BCUT2D eigenvalue weighted by Gasteiger charge is -2.18. The Balaban J connectivity index is 1.76. The average Bonchev–Trinajstić information content (AvgIpc) is 3.08. The Hall–Kier alpha value is -2.68. The van der Waals surface area contributed by atoms with E-state index in [1.165, 1.54) is 41.4 Å². The van der Waals surface area contributed by atoms with E-state index >= 15 is 0 Å². The summed E-state index contributed by atoms with van der Waals surface area (Å²) < 4.78 is 5.60. The van der Waals surface area contributed by atoms with Gasteiger partial charge in [-0.3, -0.25) is 19.8 Å². The fraction of sp³-hybridized carbons (Fsp3) is 0.111. The minimum Gasteiger partial charge on any atom is -0.486 e. The summed E-state index contributed by atoms with van der Waals surface area (Å²) in [5, 5.41) is 13.6. The first-order valence-electron chi connectivity index (χ1n) is 7.92. The normalized spacial score (nSPS) is 10.5. The topological polar surface area (TPSA) is 85.6 Å². The molecular weight excluding hydrogens is 425 g/mol. The molecule has 1 aromatic heterocycles. The van der Waals surface area contributed by atoms with Gasteiger partial charge in [-0.05, 0) is 24.3 Å². The highest BCUT2D eigenvalue weighted by atomic mass is 35.5. The summed E-state index contributed by atoms with van der Waals surface area (Å²) in [7, 11) is 0. The van der Waals surface area contributed by atoms with Gasteiger partial charge in [-0.2, -0.15) is 0 Å². The number of carbonyl (C=O) groups excluding carboxylic acids is 1. The minimum atomic E-state index is -0.533. The van der Waals surface area contributed by atoms with Crippen molar-refractivity contribution in [3.05, 3.63) is 73.7 Å². The molecular formula is C18H13Cl2N3O4S. The van der Waals surface area contributed by atoms with Crippen LogP contribution in [-0.4, -0.2) is 15.8 Å². The zero-order chi connectivity index (χ0) is 20.3. The molecule has 0 bridgehead atoms. The Labute approximate surface area is 174 Å². The zero-order valence-electron chi connectivity index (χ0n) is 14.5. The van der Waals surface area contributed by atoms with Gasteiger partial charge in [0.15, 0.2) is 5.13 Å². The van der Waals surface area contributed by atoms with Gasteiger partial charge in [0.05, 0.1) is 21.3 Å². The van der Waals surface area contributed by atoms with Crippen LogP contribution in [0.4, 0.5) is 16.5 Å². The number of carbonyl (C=O) groups is 1. The molecule has 0 spiro atoms. The van der Waals surface area contributed by atoms with Crippen LogP contribution in [0.15, 0.2) is 47.8 Å². The van der Waals surface area contributed by atoms with Gasteiger partial charge in [0, 0.05) is 29.5 Å². The molecule has 0 N–H and O–H groups in total. The molecule has 0 unspecified atom stereocenters. The second kappa shape index (κ2) is 8.55. The van der Waals surface area contributed by atoms with E-state index in [9.17, 15) is 14.9 Å². The molecule has 0 fully saturated rings. The number of benzene rings is 2. The summed E-state index contributed by atoms with van der Waals surface area (Å²) in [6.45, 7) is 1.53. The number of nitro benzene ring substituents is 1. The maximum atomic E-state index is 12.1. The number of nitro groups is 1. The van der Waals surface area contributed by atoms with Gasteiger partial charge in [-0.15, -0.1) is 11.3 Å². The zero-order valence-corrected chi connectivity index (χ0v) is 16.8. The van der Waals surface area contributed by atoms with Gasteiger partial charge >= 0.3 is 0 Å². The van der Waals surface area contributed by atoms with Crippen molar-refractivity contribution in [2.45, 2.75) is 13.5 Å². The predicted octanol–water partition coefficient (Wildman–Crippen LogP) is 5.62. The third-order valence-electron chi connectivity index (χ3n) is 3.61. The third kappa shape index (κ3) is 4.59. The van der Waals surface area contributed by atoms with Crippen molar-refractivity contribution in [2.75, 3.05) is 4.90 Å². The smallest absolute Gasteiger partial charge is 0.271 e. The van der Waals surface area contributed by atoms with Gasteiger partial charge in [0.25, 0.3) is 5.69 Å². The molecule has 2 aromatic carbocycles. The Bertz CT molecular complexity index is 1040. The van der Waals surface area contributed by atoms with Crippen molar-refractivity contribution in [1.29, 1.82) is 0 Å². The van der Waals surface area contributed by atoms with Crippen LogP contribution in [0.5, 0.6) is 5.75 Å². The molecule has 144 valence electrons. The summed E-state index contributed by atoms with van der Waals surface area (Å²) in [4.78, 5) is 28.2. The molecule has 0 saturated heterocycles. The monoisotopic (exact) mass is 437 g/mol. The number of ether oxygens (including phenoxy) is 1. The number of nitrogens with zero attached hydrogens (tertiary/aromatic N) is 3. The molecule has 3 rings (SSSR count). The molecule has 7 nitrogen and oxygen atoms in total. The molecule has 10 heteroatoms. The molecule has 1 amide bonds. The van der Waals surface area contributed by atoms with E-state index in [1.54, 1.807) is 29.6 Å². The highest BCUT2D eigenvalue weighted by Crippen LogP contribution is 2.32. The number of amides is 1. The fourth-order valence-electron chi connectivity index (χ4n) is 2.38. The quantitative estimate of drug-likeness (QED) is 0.368. The van der Waals surface area contributed by atoms with E-state index in [0.29, 0.717) is 27.3 Å². The number of rotatable bonds is 6. The third-order valence-corrected chi connectivity index (χ3v) is 5.02. The van der Waals surface area contributed by atoms with Crippen molar-refractivity contribution >= 4 is 57.0 Å². The molecule has 0 atom stereocenters. The summed E-state index contributed by atoms with van der Waals surface area (Å²) in [6.07, 6.45) is 0. The van der Waals surface area contributed by atoms with Crippen LogP contribution in [0.3, 0.4) is 0 Å². The number of non-ortho nitro benzene ring substituents is 1. The molecule has 0 aliphatic carbocycles. The van der Waals surface area contributed by atoms with Crippen LogP contribution in [0.2, 0.25) is 10.0 Å². The van der Waals surface area contributed by atoms with Gasteiger partial charge in [-0.25, -0.2) is 4.98 Å². The molecule has 1 heterocycles. The molecule has 0 saturated carbocycles. The lowest BCUT2D eigenvalue weighted by molar-refractivity contribution is -0.384. The van der Waals surface area contributed by atoms with Crippen molar-refractivity contribution in [1.82, 2.24) is 4.98 Å². The van der Waals surface area contributed by atoms with Crippen LogP contribution in [-0.2, 0) is 11.4 Å². The SMILES string of the molecule is CC(=O)N(c1cccc(Cl)c1)c1nc(COc2ccc([N+](=O)[O-])cc2Cl)cs1. The summed E-state index contributed by atoms with van der Waals surface area (Å²) in [5.74, 6) is 0.0996. The Morgan fingerprint density at radius 1 is 1.29 bits per heavy atom. The molecule has 0 aliphatic heterocycles. The van der Waals surface area contributed by atoms with Crippen LogP contribution >= 0.6 is 34.5 Å². The van der Waals surface area contributed by atoms with Crippen molar-refractivity contribution in [3.8, 4) is 5.75 Å². The van der Waals surface area contributed by atoms with Gasteiger partial charge < -0.3 is 4.74 Å². The second-order valence-corrected chi connectivity index (χ2v) is 7.30. The fourth-order valence-corrected chi connectivity index (χ4v) is 3.66. The number of halogens is 2. The van der Waals surface area contributed by atoms with Gasteiger partial charge in [-0.1, -0.05) is 29.3 Å². The summed E-state index contributed by atoms with van der Waals surface area (Å²) in [6, 6.07) is 10.9. The minimum absolute atomic E-state index is 0.0926. The maximum absolute atomic E-state index is 12.1. The Morgan fingerprint density at radius 3 is 2.71 bits per heavy atom. The highest BCUT2D eigenvalue weighted by Gasteiger charge is 2.18. The molecule has 28 heavy (non-hydrogen) atoms. The van der Waals surface area contributed by atoms with Crippen LogP contribution in [0.1, 0.15) is 12.6 Å². The van der Waals surface area contributed by atoms with Crippen molar-refractivity contribution in [3.63, 3.8) is 0 Å². The van der Waals surface area contributed by atoms with Crippen LogP contribution in [0.25, 0.3) is 0 Å². The molecule has 0 radical (unpaired) electrons. The van der Waals surface area contributed by atoms with Crippen molar-refractivity contribution < 1.29 is 14.5 Å². The number of aromatic nitrogens is 1. The van der Waals surface area contributed by atoms with Gasteiger partial charge in [0.1, 0.15) is 12.4 Å². The predicted molar refractivity (Wildman–Crippen MR) is 109 cm³/mol. The standard InChI is InChI=1S/C18H13Cl2N3O4S/c1-11(24)22(14-4-2-3-12(19)7-14)18-21-13(10-28-18)9-27-17-6-5-15(23(25)26)8-16(17)20/h2-8,10H,9H2,1H3. The van der Waals surface area contributed by atoms with E-state index in [2.05, 4.69) is 4.98 Å². The van der Waals surface area contributed by atoms with Crippen LogP contribution in [0, 0.1) is 10.1 Å². The number of hydrogen-bond donors (Lipinski definition) is 0. The van der Waals surface area contributed by atoms with E-state index in [4.69, 9.17) is 27.9 Å². The first-order chi connectivity index (χ1) is 13.3. The average molecular weight is 438 g/mol. The van der Waals surface area contributed by atoms with E-state index < -0.39 is 4.92 Å².